The van der Waals surface area contributed by atoms with Gasteiger partial charge in [0.15, 0.2) is 0 Å². The van der Waals surface area contributed by atoms with Crippen molar-refractivity contribution in [3.05, 3.63) is 28.8 Å². The second-order valence-corrected chi connectivity index (χ2v) is 5.80. The minimum Gasteiger partial charge on any atom is -0.490 e. The van der Waals surface area contributed by atoms with Gasteiger partial charge in [0.1, 0.15) is 5.75 Å². The van der Waals surface area contributed by atoms with Crippen LogP contribution in [0.5, 0.6) is 5.75 Å². The number of hydrogen-bond donors (Lipinski definition) is 1. The van der Waals surface area contributed by atoms with Crippen molar-refractivity contribution in [1.82, 2.24) is 10.2 Å². The van der Waals surface area contributed by atoms with Crippen LogP contribution in [0.4, 0.5) is 0 Å². The Balaban J connectivity index is 0.00000161. The number of rotatable bonds is 3. The molecule has 0 saturated carbocycles. The zero-order chi connectivity index (χ0) is 14.3. The number of carbonyl (C=O) groups is 1. The Kier molecular flexibility index (Phi) is 4.79. The molecule has 2 heterocycles. The molecule has 0 aliphatic carbocycles. The largest absolute Gasteiger partial charge is 0.490 e. The van der Waals surface area contributed by atoms with E-state index in [4.69, 9.17) is 4.74 Å². The molecule has 1 atom stereocenters. The Labute approximate surface area is 132 Å². The molecular formula is C16H23ClN2O2. The lowest BCUT2D eigenvalue weighted by Gasteiger charge is -2.30. The van der Waals surface area contributed by atoms with Crippen LogP contribution in [-0.2, 0) is 6.42 Å². The molecule has 2 aliphatic heterocycles. The Morgan fingerprint density at radius 1 is 1.43 bits per heavy atom. The predicted octanol–water partition coefficient (Wildman–Crippen LogP) is 2.56. The number of aryl methyl sites for hydroxylation is 1. The van der Waals surface area contributed by atoms with Crippen molar-refractivity contribution in [1.29, 1.82) is 0 Å². The maximum absolute atomic E-state index is 12.7. The zero-order valence-corrected chi connectivity index (χ0v) is 13.6. The molecule has 0 bridgehead atoms. The first kappa shape index (κ1) is 16.1. The average molecular weight is 311 g/mol. The van der Waals surface area contributed by atoms with Crippen molar-refractivity contribution in [3.63, 3.8) is 0 Å². The molecule has 4 nitrogen and oxygen atoms in total. The molecule has 5 heteroatoms. The van der Waals surface area contributed by atoms with E-state index in [0.29, 0.717) is 0 Å². The highest BCUT2D eigenvalue weighted by atomic mass is 35.5. The Morgan fingerprint density at radius 3 is 2.86 bits per heavy atom. The average Bonchev–Trinajstić information content (AvgIpc) is 2.72. The second kappa shape index (κ2) is 6.24. The van der Waals surface area contributed by atoms with Gasteiger partial charge in [-0.3, -0.25) is 4.79 Å². The fourth-order valence-electron chi connectivity index (χ4n) is 3.11. The summed E-state index contributed by atoms with van der Waals surface area (Å²) >= 11 is 0. The van der Waals surface area contributed by atoms with Crippen molar-refractivity contribution < 1.29 is 9.53 Å². The van der Waals surface area contributed by atoms with Crippen LogP contribution in [0.2, 0.25) is 0 Å². The Morgan fingerprint density at radius 2 is 2.19 bits per heavy atom. The van der Waals surface area contributed by atoms with Crippen LogP contribution in [0.1, 0.15) is 48.3 Å². The van der Waals surface area contributed by atoms with Crippen molar-refractivity contribution in [2.45, 2.75) is 39.3 Å². The van der Waals surface area contributed by atoms with Gasteiger partial charge in [0.2, 0.25) is 0 Å². The molecule has 0 unspecified atom stereocenters. The molecule has 1 fully saturated rings. The lowest BCUT2D eigenvalue weighted by Crippen LogP contribution is -2.44. The number of halogens is 1. The van der Waals surface area contributed by atoms with E-state index in [-0.39, 0.29) is 30.5 Å². The first-order chi connectivity index (χ1) is 9.61. The van der Waals surface area contributed by atoms with Crippen LogP contribution >= 0.6 is 12.4 Å². The molecular weight excluding hydrogens is 288 g/mol. The lowest BCUT2D eigenvalue weighted by molar-refractivity contribution is 0.0687. The third-order valence-corrected chi connectivity index (χ3v) is 4.04. The number of piperazine rings is 1. The molecule has 2 aliphatic rings. The van der Waals surface area contributed by atoms with Crippen LogP contribution in [0.15, 0.2) is 12.1 Å². The van der Waals surface area contributed by atoms with Crippen LogP contribution in [-0.4, -0.2) is 36.5 Å². The summed E-state index contributed by atoms with van der Waals surface area (Å²) in [5.74, 6) is 0.888. The fraction of sp³-hybridized carbons (Fsp3) is 0.562. The van der Waals surface area contributed by atoms with E-state index in [1.165, 1.54) is 5.56 Å². The number of nitrogens with one attached hydrogen (secondary N) is 1. The lowest BCUT2D eigenvalue weighted by atomic mass is 9.98. The highest BCUT2D eigenvalue weighted by Crippen LogP contribution is 2.40. The van der Waals surface area contributed by atoms with E-state index in [9.17, 15) is 4.79 Å². The Bertz CT molecular complexity index is 545. The first-order valence-corrected chi connectivity index (χ1v) is 7.47. The van der Waals surface area contributed by atoms with Crippen molar-refractivity contribution in [2.75, 3.05) is 19.6 Å². The Hall–Kier alpha value is -1.26. The molecule has 1 aromatic carbocycles. The van der Waals surface area contributed by atoms with Gasteiger partial charge in [-0.25, -0.2) is 0 Å². The summed E-state index contributed by atoms with van der Waals surface area (Å²) in [5, 5.41) is 3.38. The third-order valence-electron chi connectivity index (χ3n) is 4.04. The molecule has 21 heavy (non-hydrogen) atoms. The van der Waals surface area contributed by atoms with Crippen molar-refractivity contribution in [2.24, 2.45) is 0 Å². The summed E-state index contributed by atoms with van der Waals surface area (Å²) < 4.78 is 5.91. The van der Waals surface area contributed by atoms with Gasteiger partial charge >= 0.3 is 0 Å². The van der Waals surface area contributed by atoms with Crippen LogP contribution < -0.4 is 10.1 Å². The maximum Gasteiger partial charge on any atom is 0.258 e. The topological polar surface area (TPSA) is 41.6 Å². The van der Waals surface area contributed by atoms with E-state index in [2.05, 4.69) is 18.3 Å². The maximum atomic E-state index is 12.7. The molecule has 1 amide bonds. The summed E-state index contributed by atoms with van der Waals surface area (Å²) in [6.45, 7) is 8.62. The van der Waals surface area contributed by atoms with E-state index < -0.39 is 0 Å². The number of carbonyl (C=O) groups excluding carboxylic acids is 1. The first-order valence-electron chi connectivity index (χ1n) is 7.47. The minimum absolute atomic E-state index is 0. The normalized spacial score (nSPS) is 20.1. The summed E-state index contributed by atoms with van der Waals surface area (Å²) in [4.78, 5) is 14.6. The van der Waals surface area contributed by atoms with Gasteiger partial charge in [0.05, 0.1) is 17.7 Å². The molecule has 3 rings (SSSR count). The van der Waals surface area contributed by atoms with E-state index in [0.717, 1.165) is 42.9 Å². The molecule has 0 radical (unpaired) electrons. The minimum atomic E-state index is 0. The summed E-state index contributed by atoms with van der Waals surface area (Å²) in [6, 6.07) is 4.38. The van der Waals surface area contributed by atoms with E-state index >= 15 is 0 Å². The standard InChI is InChI=1S/C16H22N2O2.ClH/c1-4-11-7-12-13-9-17-5-6-18(13)16(19)15(12)14(8-11)20-10(2)3;/h7-8,10,13,17H,4-6,9H2,1-3H3;1H/t13-;/m1./s1. The van der Waals surface area contributed by atoms with Gasteiger partial charge in [-0.05, 0) is 37.5 Å². The molecule has 0 spiro atoms. The van der Waals surface area contributed by atoms with Gasteiger partial charge in [0.25, 0.3) is 5.91 Å². The van der Waals surface area contributed by atoms with Gasteiger partial charge in [0, 0.05) is 19.6 Å². The smallest absolute Gasteiger partial charge is 0.258 e. The van der Waals surface area contributed by atoms with Crippen molar-refractivity contribution in [3.8, 4) is 5.75 Å². The number of fused-ring (bicyclic) bond motifs is 3. The molecule has 0 aromatic heterocycles. The van der Waals surface area contributed by atoms with Gasteiger partial charge < -0.3 is 15.0 Å². The highest BCUT2D eigenvalue weighted by molar-refractivity contribution is 6.02. The number of benzene rings is 1. The number of nitrogens with zero attached hydrogens (tertiary/aromatic N) is 1. The van der Waals surface area contributed by atoms with Crippen molar-refractivity contribution >= 4 is 18.3 Å². The number of amides is 1. The van der Waals surface area contributed by atoms with E-state index in [1.807, 2.05) is 24.8 Å². The summed E-state index contributed by atoms with van der Waals surface area (Å²) in [6.07, 6.45) is 1.03. The number of ether oxygens (including phenoxy) is 1. The number of hydrogen-bond acceptors (Lipinski definition) is 3. The molecule has 1 aromatic rings. The summed E-state index contributed by atoms with van der Waals surface area (Å²) in [5.41, 5.74) is 3.15. The molecule has 116 valence electrons. The van der Waals surface area contributed by atoms with Gasteiger partial charge in [-0.1, -0.05) is 13.0 Å². The second-order valence-electron chi connectivity index (χ2n) is 5.80. The quantitative estimate of drug-likeness (QED) is 0.933. The van der Waals surface area contributed by atoms with Crippen LogP contribution in [0.25, 0.3) is 0 Å². The van der Waals surface area contributed by atoms with Crippen LogP contribution in [0, 0.1) is 0 Å². The summed E-state index contributed by atoms with van der Waals surface area (Å²) in [7, 11) is 0. The predicted molar refractivity (Wildman–Crippen MR) is 85.5 cm³/mol. The third kappa shape index (κ3) is 2.74. The van der Waals surface area contributed by atoms with E-state index in [1.54, 1.807) is 0 Å². The van der Waals surface area contributed by atoms with Crippen LogP contribution in [0.3, 0.4) is 0 Å². The molecule has 1 saturated heterocycles. The zero-order valence-electron chi connectivity index (χ0n) is 12.8. The van der Waals surface area contributed by atoms with Gasteiger partial charge in [-0.15, -0.1) is 12.4 Å². The molecule has 1 N–H and O–H groups in total. The SMILES string of the molecule is CCc1cc(OC(C)C)c2c(c1)[C@H]1CNCCN1C2=O.Cl. The monoisotopic (exact) mass is 310 g/mol. The highest BCUT2D eigenvalue weighted by Gasteiger charge is 2.40. The fourth-order valence-corrected chi connectivity index (χ4v) is 3.11. The van der Waals surface area contributed by atoms with Gasteiger partial charge in [-0.2, -0.15) is 0 Å².